The summed E-state index contributed by atoms with van der Waals surface area (Å²) in [4.78, 5) is 15.1. The van der Waals surface area contributed by atoms with E-state index >= 15 is 0 Å². The minimum absolute atomic E-state index is 0.0858. The van der Waals surface area contributed by atoms with Crippen LogP contribution in [0.5, 0.6) is 0 Å². The van der Waals surface area contributed by atoms with Gasteiger partial charge in [0.2, 0.25) is 5.82 Å². The average molecular weight is 329 g/mol. The van der Waals surface area contributed by atoms with Crippen molar-refractivity contribution in [1.82, 2.24) is 4.98 Å². The number of pyridine rings is 1. The highest BCUT2D eigenvalue weighted by Crippen LogP contribution is 2.23. The lowest BCUT2D eigenvalue weighted by Crippen LogP contribution is -2.04. The summed E-state index contributed by atoms with van der Waals surface area (Å²) in [6.07, 6.45) is 0. The highest BCUT2D eigenvalue weighted by Gasteiger charge is 2.12. The first kappa shape index (κ1) is 12.8. The summed E-state index contributed by atoms with van der Waals surface area (Å²) in [7, 11) is 0. The van der Waals surface area contributed by atoms with Gasteiger partial charge < -0.3 is 11.1 Å². The fraction of sp³-hybridized carbons (Fsp3) is 0.100. The predicted molar refractivity (Wildman–Crippen MR) is 74.6 cm³/mol. The van der Waals surface area contributed by atoms with Crippen LogP contribution in [0.25, 0.3) is 0 Å². The zero-order valence-electron chi connectivity index (χ0n) is 9.09. The normalized spacial score (nSPS) is 10.3. The van der Waals surface area contributed by atoms with Gasteiger partial charge in [-0.15, -0.1) is 11.3 Å². The Hall–Kier alpha value is -1.67. The molecule has 0 aliphatic carbocycles. The molecular weight excluding hydrogens is 320 g/mol. The Morgan fingerprint density at radius 1 is 1.56 bits per heavy atom. The number of nitrogens with zero attached hydrogens (tertiary/aromatic N) is 2. The first-order valence-electron chi connectivity index (χ1n) is 4.94. The molecule has 8 heteroatoms. The third kappa shape index (κ3) is 2.96. The molecule has 0 aliphatic heterocycles. The van der Waals surface area contributed by atoms with Crippen molar-refractivity contribution >= 4 is 44.6 Å². The summed E-state index contributed by atoms with van der Waals surface area (Å²) in [6.45, 7) is 0.598. The number of rotatable bonds is 4. The number of nitro groups is 1. The number of thiophene rings is 1. The van der Waals surface area contributed by atoms with Crippen LogP contribution < -0.4 is 11.1 Å². The second kappa shape index (κ2) is 5.32. The van der Waals surface area contributed by atoms with Gasteiger partial charge in [0.05, 0.1) is 11.5 Å². The molecule has 0 amide bonds. The van der Waals surface area contributed by atoms with E-state index in [-0.39, 0.29) is 11.5 Å². The van der Waals surface area contributed by atoms with E-state index in [9.17, 15) is 10.1 Å². The molecule has 0 fully saturated rings. The molecule has 6 nitrogen and oxygen atoms in total. The van der Waals surface area contributed by atoms with Gasteiger partial charge in [-0.05, 0) is 28.1 Å². The van der Waals surface area contributed by atoms with Crippen LogP contribution in [0, 0.1) is 10.1 Å². The third-order valence-electron chi connectivity index (χ3n) is 2.16. The van der Waals surface area contributed by atoms with Crippen LogP contribution in [-0.2, 0) is 6.54 Å². The fourth-order valence-electron chi connectivity index (χ4n) is 1.34. The molecule has 18 heavy (non-hydrogen) atoms. The van der Waals surface area contributed by atoms with E-state index in [1.807, 2.05) is 11.4 Å². The number of nitrogens with one attached hydrogen (secondary N) is 1. The zero-order chi connectivity index (χ0) is 13.1. The molecule has 3 N–H and O–H groups in total. The van der Waals surface area contributed by atoms with Gasteiger partial charge >= 0.3 is 5.69 Å². The topological polar surface area (TPSA) is 94.1 Å². The van der Waals surface area contributed by atoms with Gasteiger partial charge in [-0.25, -0.2) is 4.98 Å². The first-order chi connectivity index (χ1) is 8.56. The first-order valence-corrected chi connectivity index (χ1v) is 6.61. The van der Waals surface area contributed by atoms with Crippen molar-refractivity contribution in [3.05, 3.63) is 43.0 Å². The highest BCUT2D eigenvalue weighted by atomic mass is 79.9. The van der Waals surface area contributed by atoms with Gasteiger partial charge in [-0.1, -0.05) is 0 Å². The maximum atomic E-state index is 10.6. The number of anilines is 2. The van der Waals surface area contributed by atoms with Crippen molar-refractivity contribution in [1.29, 1.82) is 0 Å². The maximum Gasteiger partial charge on any atom is 0.311 e. The number of hydrogen-bond acceptors (Lipinski definition) is 6. The Bertz CT molecular complexity index is 587. The van der Waals surface area contributed by atoms with E-state index in [2.05, 4.69) is 26.2 Å². The van der Waals surface area contributed by atoms with Crippen LogP contribution in [0.1, 0.15) is 4.88 Å². The minimum Gasteiger partial charge on any atom is -0.378 e. The molecule has 0 atom stereocenters. The molecule has 94 valence electrons. The number of nitrogens with two attached hydrogens (primary N) is 1. The van der Waals surface area contributed by atoms with E-state index in [0.29, 0.717) is 12.4 Å². The lowest BCUT2D eigenvalue weighted by atomic mass is 10.3. The molecule has 2 aromatic heterocycles. The van der Waals surface area contributed by atoms with E-state index in [4.69, 9.17) is 5.73 Å². The maximum absolute atomic E-state index is 10.6. The molecule has 2 heterocycles. The Kier molecular flexibility index (Phi) is 3.78. The highest BCUT2D eigenvalue weighted by molar-refractivity contribution is 9.10. The molecule has 2 aromatic rings. The summed E-state index contributed by atoms with van der Waals surface area (Å²) in [5, 5.41) is 15.6. The molecule has 0 saturated heterocycles. The van der Waals surface area contributed by atoms with Crippen LogP contribution in [-0.4, -0.2) is 9.91 Å². The second-order valence-corrected chi connectivity index (χ2v) is 5.35. The van der Waals surface area contributed by atoms with Crippen LogP contribution in [0.2, 0.25) is 0 Å². The quantitative estimate of drug-likeness (QED) is 0.664. The molecule has 0 spiro atoms. The second-order valence-electron chi connectivity index (χ2n) is 3.44. The summed E-state index contributed by atoms with van der Waals surface area (Å²) < 4.78 is 1.03. The van der Waals surface area contributed by atoms with E-state index in [1.165, 1.54) is 12.1 Å². The molecule has 0 radical (unpaired) electrons. The Morgan fingerprint density at radius 2 is 2.33 bits per heavy atom. The minimum atomic E-state index is -0.553. The molecule has 0 unspecified atom stereocenters. The number of aromatic nitrogens is 1. The Morgan fingerprint density at radius 3 is 2.89 bits per heavy atom. The van der Waals surface area contributed by atoms with Gasteiger partial charge in [0.25, 0.3) is 0 Å². The van der Waals surface area contributed by atoms with Gasteiger partial charge in [0.15, 0.2) is 0 Å². The lowest BCUT2D eigenvalue weighted by molar-refractivity contribution is -0.384. The molecule has 0 bridgehead atoms. The Balaban J connectivity index is 2.06. The zero-order valence-corrected chi connectivity index (χ0v) is 11.5. The predicted octanol–water partition coefficient (Wildman–Crippen LogP) is 3.01. The van der Waals surface area contributed by atoms with Crippen LogP contribution >= 0.6 is 27.3 Å². The number of halogens is 1. The lowest BCUT2D eigenvalue weighted by Gasteiger charge is -2.04. The SMILES string of the molecule is Nc1nc(NCc2cc(Br)cs2)ccc1[N+](=O)[O-]. The summed E-state index contributed by atoms with van der Waals surface area (Å²) in [5.74, 6) is 0.431. The smallest absolute Gasteiger partial charge is 0.311 e. The Labute approximate surface area is 115 Å². The summed E-state index contributed by atoms with van der Waals surface area (Å²) in [5.41, 5.74) is 5.32. The standard InChI is InChI=1S/C10H9BrN4O2S/c11-6-3-7(18-5-6)4-13-9-2-1-8(15(16)17)10(12)14-9/h1-3,5H,4H2,(H3,12,13,14). The fourth-order valence-corrected chi connectivity index (χ4v) is 2.74. The van der Waals surface area contributed by atoms with E-state index in [0.717, 1.165) is 9.35 Å². The molecule has 0 saturated carbocycles. The molecule has 0 aliphatic rings. The largest absolute Gasteiger partial charge is 0.378 e. The molecule has 0 aromatic carbocycles. The van der Waals surface area contributed by atoms with Gasteiger partial charge in [-0.3, -0.25) is 10.1 Å². The van der Waals surface area contributed by atoms with Crippen LogP contribution in [0.15, 0.2) is 28.1 Å². The van der Waals surface area contributed by atoms with Crippen molar-refractivity contribution in [3.63, 3.8) is 0 Å². The monoisotopic (exact) mass is 328 g/mol. The molecule has 2 rings (SSSR count). The van der Waals surface area contributed by atoms with Crippen molar-refractivity contribution in [3.8, 4) is 0 Å². The summed E-state index contributed by atoms with van der Waals surface area (Å²) >= 11 is 4.97. The third-order valence-corrected chi connectivity index (χ3v) is 3.86. The van der Waals surface area contributed by atoms with Crippen molar-refractivity contribution in [2.24, 2.45) is 0 Å². The van der Waals surface area contributed by atoms with Gasteiger partial charge in [0, 0.05) is 20.8 Å². The van der Waals surface area contributed by atoms with E-state index in [1.54, 1.807) is 11.3 Å². The van der Waals surface area contributed by atoms with Crippen molar-refractivity contribution in [2.45, 2.75) is 6.54 Å². The van der Waals surface area contributed by atoms with Crippen molar-refractivity contribution in [2.75, 3.05) is 11.1 Å². The average Bonchev–Trinajstić information content (AvgIpc) is 2.72. The number of nitrogen functional groups attached to an aromatic ring is 1. The summed E-state index contributed by atoms with van der Waals surface area (Å²) in [6, 6.07) is 4.87. The van der Waals surface area contributed by atoms with Gasteiger partial charge in [-0.2, -0.15) is 0 Å². The van der Waals surface area contributed by atoms with Crippen LogP contribution in [0.3, 0.4) is 0 Å². The number of hydrogen-bond donors (Lipinski definition) is 2. The van der Waals surface area contributed by atoms with Crippen LogP contribution in [0.4, 0.5) is 17.3 Å². The van der Waals surface area contributed by atoms with Crippen molar-refractivity contribution < 1.29 is 4.92 Å². The van der Waals surface area contributed by atoms with Gasteiger partial charge in [0.1, 0.15) is 5.82 Å². The molecular formula is C10H9BrN4O2S. The van der Waals surface area contributed by atoms with E-state index < -0.39 is 4.92 Å².